The quantitative estimate of drug-likeness (QED) is 0.863. The molecule has 3 heteroatoms. The van der Waals surface area contributed by atoms with E-state index in [1.165, 1.54) is 57.4 Å². The van der Waals surface area contributed by atoms with Crippen molar-refractivity contribution in [1.29, 1.82) is 0 Å². The number of piperidine rings is 1. The highest BCUT2D eigenvalue weighted by Crippen LogP contribution is 2.20. The predicted octanol–water partition coefficient (Wildman–Crippen LogP) is 2.97. The van der Waals surface area contributed by atoms with Crippen LogP contribution in [-0.4, -0.2) is 38.1 Å². The number of nitrogens with zero attached hydrogens (tertiary/aromatic N) is 1. The SMILES string of the molecule is CNCCC1CCN(CCc2ccccc2)CC1.Cl. The predicted molar refractivity (Wildman–Crippen MR) is 85.1 cm³/mol. The number of benzene rings is 1. The second-order valence-corrected chi connectivity index (χ2v) is 5.41. The third kappa shape index (κ3) is 5.94. The zero-order chi connectivity index (χ0) is 12.6. The summed E-state index contributed by atoms with van der Waals surface area (Å²) in [6.45, 7) is 4.99. The van der Waals surface area contributed by atoms with E-state index in [1.54, 1.807) is 0 Å². The molecule has 1 N–H and O–H groups in total. The summed E-state index contributed by atoms with van der Waals surface area (Å²) in [6.07, 6.45) is 5.32. The van der Waals surface area contributed by atoms with Gasteiger partial charge in [-0.15, -0.1) is 12.4 Å². The van der Waals surface area contributed by atoms with E-state index in [4.69, 9.17) is 0 Å². The van der Waals surface area contributed by atoms with Crippen molar-refractivity contribution in [2.24, 2.45) is 5.92 Å². The van der Waals surface area contributed by atoms with E-state index >= 15 is 0 Å². The molecule has 0 spiro atoms. The third-order valence-electron chi connectivity index (χ3n) is 4.07. The molecule has 0 unspecified atom stereocenters. The van der Waals surface area contributed by atoms with Crippen molar-refractivity contribution >= 4 is 12.4 Å². The Bertz CT molecular complexity index is 321. The lowest BCUT2D eigenvalue weighted by molar-refractivity contribution is 0.181. The van der Waals surface area contributed by atoms with Crippen molar-refractivity contribution in [1.82, 2.24) is 10.2 Å². The van der Waals surface area contributed by atoms with Crippen molar-refractivity contribution in [2.45, 2.75) is 25.7 Å². The van der Waals surface area contributed by atoms with Gasteiger partial charge in [0.2, 0.25) is 0 Å². The van der Waals surface area contributed by atoms with Gasteiger partial charge >= 0.3 is 0 Å². The molecule has 2 nitrogen and oxygen atoms in total. The van der Waals surface area contributed by atoms with Crippen LogP contribution in [0.1, 0.15) is 24.8 Å². The largest absolute Gasteiger partial charge is 0.320 e. The Hall–Kier alpha value is -0.570. The zero-order valence-corrected chi connectivity index (χ0v) is 12.8. The zero-order valence-electron chi connectivity index (χ0n) is 12.0. The fourth-order valence-corrected chi connectivity index (χ4v) is 2.78. The van der Waals surface area contributed by atoms with Gasteiger partial charge in [0, 0.05) is 6.54 Å². The molecule has 0 atom stereocenters. The van der Waals surface area contributed by atoms with E-state index in [0.29, 0.717) is 0 Å². The Morgan fingerprint density at radius 2 is 1.84 bits per heavy atom. The lowest BCUT2D eigenvalue weighted by Gasteiger charge is -2.32. The molecule has 0 amide bonds. The smallest absolute Gasteiger partial charge is 0.00218 e. The fourth-order valence-electron chi connectivity index (χ4n) is 2.78. The van der Waals surface area contributed by atoms with Gasteiger partial charge in [0.15, 0.2) is 0 Å². The van der Waals surface area contributed by atoms with Crippen molar-refractivity contribution in [3.8, 4) is 0 Å². The van der Waals surface area contributed by atoms with Crippen molar-refractivity contribution in [2.75, 3.05) is 33.2 Å². The van der Waals surface area contributed by atoms with Crippen molar-refractivity contribution in [3.05, 3.63) is 35.9 Å². The summed E-state index contributed by atoms with van der Waals surface area (Å²) in [5.74, 6) is 0.949. The fraction of sp³-hybridized carbons (Fsp3) is 0.625. The van der Waals surface area contributed by atoms with Crippen LogP contribution < -0.4 is 5.32 Å². The monoisotopic (exact) mass is 282 g/mol. The highest BCUT2D eigenvalue weighted by molar-refractivity contribution is 5.85. The maximum Gasteiger partial charge on any atom is 0.00218 e. The molecule has 0 aliphatic carbocycles. The molecule has 1 heterocycles. The molecule has 1 aliphatic rings. The van der Waals surface area contributed by atoms with E-state index in [2.05, 4.69) is 47.6 Å². The van der Waals surface area contributed by atoms with Gasteiger partial charge in [0.05, 0.1) is 0 Å². The van der Waals surface area contributed by atoms with Crippen molar-refractivity contribution < 1.29 is 0 Å². The Labute approximate surface area is 124 Å². The number of hydrogen-bond donors (Lipinski definition) is 1. The van der Waals surface area contributed by atoms with Crippen LogP contribution in [0, 0.1) is 5.92 Å². The van der Waals surface area contributed by atoms with Crippen LogP contribution in [0.3, 0.4) is 0 Å². The maximum absolute atomic E-state index is 3.26. The molecule has 19 heavy (non-hydrogen) atoms. The van der Waals surface area contributed by atoms with Crippen LogP contribution in [0.25, 0.3) is 0 Å². The molecule has 0 aromatic heterocycles. The van der Waals surface area contributed by atoms with Gasteiger partial charge in [-0.05, 0) is 63.8 Å². The molecular weight excluding hydrogens is 256 g/mol. The third-order valence-corrected chi connectivity index (χ3v) is 4.07. The molecule has 0 bridgehead atoms. The van der Waals surface area contributed by atoms with Crippen LogP contribution >= 0.6 is 12.4 Å². The first-order valence-corrected chi connectivity index (χ1v) is 7.29. The lowest BCUT2D eigenvalue weighted by Crippen LogP contribution is -2.35. The number of halogens is 1. The topological polar surface area (TPSA) is 15.3 Å². The second-order valence-electron chi connectivity index (χ2n) is 5.41. The van der Waals surface area contributed by atoms with Gasteiger partial charge < -0.3 is 10.2 Å². The summed E-state index contributed by atoms with van der Waals surface area (Å²) in [6, 6.07) is 10.8. The summed E-state index contributed by atoms with van der Waals surface area (Å²) in [5.41, 5.74) is 1.47. The molecule has 1 aromatic rings. The molecule has 0 saturated carbocycles. The van der Waals surface area contributed by atoms with Gasteiger partial charge in [-0.2, -0.15) is 0 Å². The molecule has 108 valence electrons. The number of hydrogen-bond acceptors (Lipinski definition) is 2. The number of likely N-dealkylation sites (tertiary alicyclic amines) is 1. The van der Waals surface area contributed by atoms with Crippen LogP contribution in [0.15, 0.2) is 30.3 Å². The van der Waals surface area contributed by atoms with Gasteiger partial charge in [0.1, 0.15) is 0 Å². The standard InChI is InChI=1S/C16H26N2.ClH/c1-17-11-7-16-9-13-18(14-10-16)12-8-15-5-3-2-4-6-15;/h2-6,16-17H,7-14H2,1H3;1H. The first-order chi connectivity index (χ1) is 8.88. The lowest BCUT2D eigenvalue weighted by atomic mass is 9.93. The number of nitrogens with one attached hydrogen (secondary N) is 1. The van der Waals surface area contributed by atoms with Gasteiger partial charge in [-0.3, -0.25) is 0 Å². The molecule has 1 aliphatic heterocycles. The van der Waals surface area contributed by atoms with E-state index < -0.39 is 0 Å². The van der Waals surface area contributed by atoms with E-state index in [-0.39, 0.29) is 12.4 Å². The summed E-state index contributed by atoms with van der Waals surface area (Å²) >= 11 is 0. The van der Waals surface area contributed by atoms with Crippen LogP contribution in [0.2, 0.25) is 0 Å². The van der Waals surface area contributed by atoms with E-state index in [9.17, 15) is 0 Å². The minimum Gasteiger partial charge on any atom is -0.320 e. The Balaban J connectivity index is 0.00000180. The molecule has 1 aromatic carbocycles. The second kappa shape index (κ2) is 9.35. The molecule has 1 saturated heterocycles. The summed E-state index contributed by atoms with van der Waals surface area (Å²) in [5, 5.41) is 3.26. The van der Waals surface area contributed by atoms with Crippen molar-refractivity contribution in [3.63, 3.8) is 0 Å². The Morgan fingerprint density at radius 1 is 1.16 bits per heavy atom. The minimum atomic E-state index is 0. The Morgan fingerprint density at radius 3 is 2.47 bits per heavy atom. The summed E-state index contributed by atoms with van der Waals surface area (Å²) < 4.78 is 0. The first kappa shape index (κ1) is 16.5. The maximum atomic E-state index is 3.26. The van der Waals surface area contributed by atoms with Gasteiger partial charge in [0.25, 0.3) is 0 Å². The summed E-state index contributed by atoms with van der Waals surface area (Å²) in [7, 11) is 2.05. The normalized spacial score (nSPS) is 17.1. The highest BCUT2D eigenvalue weighted by Gasteiger charge is 2.18. The van der Waals surface area contributed by atoms with Crippen LogP contribution in [0.4, 0.5) is 0 Å². The van der Waals surface area contributed by atoms with Crippen LogP contribution in [-0.2, 0) is 6.42 Å². The first-order valence-electron chi connectivity index (χ1n) is 7.29. The minimum absolute atomic E-state index is 0. The van der Waals surface area contributed by atoms with E-state index in [0.717, 1.165) is 5.92 Å². The van der Waals surface area contributed by atoms with Crippen LogP contribution in [0.5, 0.6) is 0 Å². The average Bonchev–Trinajstić information content (AvgIpc) is 2.45. The van der Waals surface area contributed by atoms with Gasteiger partial charge in [-0.25, -0.2) is 0 Å². The summed E-state index contributed by atoms with van der Waals surface area (Å²) in [4.78, 5) is 2.63. The molecule has 0 radical (unpaired) electrons. The van der Waals surface area contributed by atoms with Gasteiger partial charge in [-0.1, -0.05) is 30.3 Å². The molecule has 1 fully saturated rings. The number of rotatable bonds is 6. The average molecular weight is 283 g/mol. The molecule has 2 rings (SSSR count). The van der Waals surface area contributed by atoms with E-state index in [1.807, 2.05) is 0 Å². The molecular formula is C16H27ClN2. The highest BCUT2D eigenvalue weighted by atomic mass is 35.5. The Kier molecular flexibility index (Phi) is 8.11.